The Morgan fingerprint density at radius 2 is 1.85 bits per heavy atom. The van der Waals surface area contributed by atoms with Crippen LogP contribution in [-0.2, 0) is 4.74 Å². The number of carbonyl (C=O) groups is 2. The van der Waals surface area contributed by atoms with Crippen molar-refractivity contribution < 1.29 is 14.3 Å². The summed E-state index contributed by atoms with van der Waals surface area (Å²) in [5, 5.41) is 3.18. The molecule has 0 aliphatic carbocycles. The Labute approximate surface area is 195 Å². The lowest BCUT2D eigenvalue weighted by Gasteiger charge is -2.20. The van der Waals surface area contributed by atoms with Crippen molar-refractivity contribution in [1.29, 1.82) is 0 Å². The molecule has 4 rings (SSSR count). The highest BCUT2D eigenvalue weighted by molar-refractivity contribution is 6.30. The Balaban J connectivity index is 1.67. The number of fused-ring (bicyclic) bond motifs is 1. The van der Waals surface area contributed by atoms with E-state index < -0.39 is 6.09 Å². The molecule has 7 nitrogen and oxygen atoms in total. The van der Waals surface area contributed by atoms with Gasteiger partial charge in [0.1, 0.15) is 5.65 Å². The molecule has 4 aromatic rings. The lowest BCUT2D eigenvalue weighted by atomic mass is 10.1. The summed E-state index contributed by atoms with van der Waals surface area (Å²) in [5.74, 6) is 2.30. The summed E-state index contributed by atoms with van der Waals surface area (Å²) >= 11 is 5.98. The number of nitrogens with one attached hydrogen (secondary N) is 1. The van der Waals surface area contributed by atoms with E-state index in [1.807, 2.05) is 16.5 Å². The van der Waals surface area contributed by atoms with Gasteiger partial charge in [-0.05, 0) is 48.5 Å². The third kappa shape index (κ3) is 4.66. The number of carbonyl (C=O) groups excluding carboxylic acids is 2. The minimum absolute atomic E-state index is 0.115. The number of hydrogen-bond acceptors (Lipinski definition) is 4. The van der Waals surface area contributed by atoms with Crippen molar-refractivity contribution >= 4 is 40.6 Å². The van der Waals surface area contributed by atoms with E-state index in [-0.39, 0.29) is 12.5 Å². The van der Waals surface area contributed by atoms with E-state index >= 15 is 0 Å². The summed E-state index contributed by atoms with van der Waals surface area (Å²) in [4.78, 5) is 30.7. The number of pyridine rings is 1. The summed E-state index contributed by atoms with van der Waals surface area (Å²) in [6.45, 7) is 0.115. The number of benzene rings is 2. The zero-order chi connectivity index (χ0) is 23.4. The molecule has 2 heterocycles. The van der Waals surface area contributed by atoms with Gasteiger partial charge >= 0.3 is 6.09 Å². The number of amides is 2. The molecule has 0 radical (unpaired) electrons. The molecule has 2 amide bonds. The van der Waals surface area contributed by atoms with Gasteiger partial charge < -0.3 is 4.74 Å². The molecule has 2 aromatic carbocycles. The van der Waals surface area contributed by atoms with Crippen molar-refractivity contribution in [3.05, 3.63) is 83.6 Å². The molecular weight excluding hydrogens is 440 g/mol. The first-order valence-corrected chi connectivity index (χ1v) is 10.3. The average Bonchev–Trinajstić information content (AvgIpc) is 3.26. The van der Waals surface area contributed by atoms with E-state index in [0.717, 1.165) is 11.3 Å². The summed E-state index contributed by atoms with van der Waals surface area (Å²) in [6, 6.07) is 17.6. The molecule has 0 fully saturated rings. The van der Waals surface area contributed by atoms with Gasteiger partial charge in [-0.1, -0.05) is 29.7 Å². The minimum atomic E-state index is -0.544. The SMILES string of the molecule is C#CCN(C(=O)c1ccc2ncc(-c3ccc(NC(=O)OC)cc3)n2c1)c1ccc(Cl)cc1. The van der Waals surface area contributed by atoms with Gasteiger partial charge in [-0.25, -0.2) is 9.78 Å². The van der Waals surface area contributed by atoms with Crippen molar-refractivity contribution in [1.82, 2.24) is 9.38 Å². The van der Waals surface area contributed by atoms with Gasteiger partial charge in [0.15, 0.2) is 0 Å². The molecule has 0 saturated carbocycles. The molecular formula is C25H19ClN4O3. The summed E-state index contributed by atoms with van der Waals surface area (Å²) in [7, 11) is 1.30. The van der Waals surface area contributed by atoms with E-state index in [0.29, 0.717) is 27.6 Å². The van der Waals surface area contributed by atoms with Gasteiger partial charge in [0.05, 0.1) is 31.1 Å². The van der Waals surface area contributed by atoms with Gasteiger partial charge in [-0.2, -0.15) is 0 Å². The molecule has 0 aliphatic rings. The third-order valence-corrected chi connectivity index (χ3v) is 5.25. The standard InChI is InChI=1S/C25H19ClN4O3/c1-3-14-29(21-11-7-19(26)8-12-21)24(31)18-6-13-23-27-15-22(30(23)16-18)17-4-9-20(10-5-17)28-25(32)33-2/h1,4-13,15-16H,14H2,2H3,(H,28,32). The van der Waals surface area contributed by atoms with Gasteiger partial charge in [-0.15, -0.1) is 6.42 Å². The van der Waals surface area contributed by atoms with Crippen LogP contribution in [0.4, 0.5) is 16.2 Å². The van der Waals surface area contributed by atoms with Crippen molar-refractivity contribution in [3.8, 4) is 23.6 Å². The van der Waals surface area contributed by atoms with Crippen molar-refractivity contribution in [2.75, 3.05) is 23.9 Å². The number of halogens is 1. The molecule has 1 N–H and O–H groups in total. The number of hydrogen-bond donors (Lipinski definition) is 1. The van der Waals surface area contributed by atoms with Crippen LogP contribution in [0.5, 0.6) is 0 Å². The largest absolute Gasteiger partial charge is 0.453 e. The average molecular weight is 459 g/mol. The van der Waals surface area contributed by atoms with Crippen LogP contribution in [0, 0.1) is 12.3 Å². The summed E-state index contributed by atoms with van der Waals surface area (Å²) in [6.07, 6.45) is 8.44. The minimum Gasteiger partial charge on any atom is -0.453 e. The lowest BCUT2D eigenvalue weighted by molar-refractivity contribution is 0.0989. The molecule has 0 saturated heterocycles. The first kappa shape index (κ1) is 21.9. The maximum Gasteiger partial charge on any atom is 0.411 e. The number of methoxy groups -OCH3 is 1. The third-order valence-electron chi connectivity index (χ3n) is 5.00. The summed E-state index contributed by atoms with van der Waals surface area (Å²) < 4.78 is 6.44. The number of aromatic nitrogens is 2. The summed E-state index contributed by atoms with van der Waals surface area (Å²) in [5.41, 5.74) is 4.05. The van der Waals surface area contributed by atoms with E-state index in [4.69, 9.17) is 18.0 Å². The number of ether oxygens (including phenoxy) is 1. The fourth-order valence-corrected chi connectivity index (χ4v) is 3.49. The molecule has 0 spiro atoms. The second kappa shape index (κ2) is 9.47. The van der Waals surface area contributed by atoms with Crippen LogP contribution in [0.1, 0.15) is 10.4 Å². The van der Waals surface area contributed by atoms with Crippen LogP contribution < -0.4 is 10.2 Å². The van der Waals surface area contributed by atoms with Crippen molar-refractivity contribution in [2.24, 2.45) is 0 Å². The predicted molar refractivity (Wildman–Crippen MR) is 129 cm³/mol. The Bertz CT molecular complexity index is 1360. The van der Waals surface area contributed by atoms with E-state index in [9.17, 15) is 9.59 Å². The maximum absolute atomic E-state index is 13.3. The lowest BCUT2D eigenvalue weighted by Crippen LogP contribution is -2.31. The fourth-order valence-electron chi connectivity index (χ4n) is 3.36. The van der Waals surface area contributed by atoms with E-state index in [1.165, 1.54) is 12.0 Å². The predicted octanol–water partition coefficient (Wildman–Crippen LogP) is 5.11. The molecule has 164 valence electrons. The molecule has 8 heteroatoms. The highest BCUT2D eigenvalue weighted by Crippen LogP contribution is 2.25. The first-order valence-electron chi connectivity index (χ1n) is 9.93. The molecule has 2 aromatic heterocycles. The van der Waals surface area contributed by atoms with Crippen LogP contribution >= 0.6 is 11.6 Å². The quantitative estimate of drug-likeness (QED) is 0.421. The molecule has 0 bridgehead atoms. The topological polar surface area (TPSA) is 75.9 Å². The van der Waals surface area contributed by atoms with Crippen LogP contribution in [0.25, 0.3) is 16.9 Å². The monoisotopic (exact) mass is 458 g/mol. The van der Waals surface area contributed by atoms with Crippen LogP contribution in [0.3, 0.4) is 0 Å². The second-order valence-corrected chi connectivity index (χ2v) is 7.49. The van der Waals surface area contributed by atoms with Crippen LogP contribution in [0.15, 0.2) is 73.1 Å². The Morgan fingerprint density at radius 3 is 2.52 bits per heavy atom. The molecule has 0 atom stereocenters. The normalized spacial score (nSPS) is 10.5. The van der Waals surface area contributed by atoms with Gasteiger partial charge in [0, 0.05) is 28.2 Å². The van der Waals surface area contributed by atoms with Gasteiger partial charge in [-0.3, -0.25) is 19.4 Å². The zero-order valence-electron chi connectivity index (χ0n) is 17.7. The number of anilines is 2. The Morgan fingerprint density at radius 1 is 1.12 bits per heavy atom. The number of imidazole rings is 1. The highest BCUT2D eigenvalue weighted by atomic mass is 35.5. The van der Waals surface area contributed by atoms with E-state index in [2.05, 4.69) is 21.0 Å². The Kier molecular flexibility index (Phi) is 6.29. The highest BCUT2D eigenvalue weighted by Gasteiger charge is 2.18. The fraction of sp³-hybridized carbons (Fsp3) is 0.0800. The molecule has 0 unspecified atom stereocenters. The number of terminal acetylenes is 1. The van der Waals surface area contributed by atoms with Crippen LogP contribution in [-0.4, -0.2) is 35.0 Å². The van der Waals surface area contributed by atoms with Crippen molar-refractivity contribution in [3.63, 3.8) is 0 Å². The Hall–Kier alpha value is -4.28. The maximum atomic E-state index is 13.3. The zero-order valence-corrected chi connectivity index (χ0v) is 18.4. The van der Waals surface area contributed by atoms with E-state index in [1.54, 1.807) is 60.9 Å². The number of rotatable bonds is 5. The second-order valence-electron chi connectivity index (χ2n) is 7.06. The van der Waals surface area contributed by atoms with Gasteiger partial charge in [0.2, 0.25) is 0 Å². The molecule has 33 heavy (non-hydrogen) atoms. The smallest absolute Gasteiger partial charge is 0.411 e. The van der Waals surface area contributed by atoms with Crippen molar-refractivity contribution in [2.45, 2.75) is 0 Å². The van der Waals surface area contributed by atoms with Crippen LogP contribution in [0.2, 0.25) is 5.02 Å². The first-order chi connectivity index (χ1) is 16.0. The number of nitrogens with zero attached hydrogens (tertiary/aromatic N) is 3. The molecule has 0 aliphatic heterocycles. The van der Waals surface area contributed by atoms with Gasteiger partial charge in [0.25, 0.3) is 5.91 Å².